The normalized spacial score (nSPS) is 17.6. The van der Waals surface area contributed by atoms with Crippen LogP contribution in [-0.2, 0) is 6.54 Å². The molecule has 0 unspecified atom stereocenters. The number of benzene rings is 1. The van der Waals surface area contributed by atoms with Crippen LogP contribution in [0.3, 0.4) is 0 Å². The Balaban J connectivity index is 1.82. The Hall–Kier alpha value is -1.12. The summed E-state index contributed by atoms with van der Waals surface area (Å²) in [4.78, 5) is 4.48. The molecule has 1 aliphatic carbocycles. The van der Waals surface area contributed by atoms with E-state index in [0.717, 1.165) is 12.1 Å². The summed E-state index contributed by atoms with van der Waals surface area (Å²) in [5.74, 6) is 0.700. The summed E-state index contributed by atoms with van der Waals surface area (Å²) in [5.41, 5.74) is 2.51. The van der Waals surface area contributed by atoms with Crippen LogP contribution in [0.15, 0.2) is 36.5 Å². The molecular formula is C15H17ClN2. The first kappa shape index (κ1) is 11.9. The smallest absolute Gasteiger partial charge is 0.0746 e. The van der Waals surface area contributed by atoms with E-state index in [9.17, 15) is 0 Å². The van der Waals surface area contributed by atoms with Crippen molar-refractivity contribution < 1.29 is 0 Å². The van der Waals surface area contributed by atoms with Gasteiger partial charge in [0.15, 0.2) is 0 Å². The van der Waals surface area contributed by atoms with Crippen LogP contribution in [0.4, 0.5) is 0 Å². The molecule has 94 valence electrons. The molecule has 0 aliphatic heterocycles. The minimum Gasteiger partial charge on any atom is -0.306 e. The molecule has 0 atom stereocenters. The molecule has 2 nitrogen and oxygen atoms in total. The van der Waals surface area contributed by atoms with E-state index in [4.69, 9.17) is 11.6 Å². The zero-order valence-corrected chi connectivity index (χ0v) is 11.1. The Morgan fingerprint density at radius 2 is 2.06 bits per heavy atom. The molecule has 1 saturated carbocycles. The quantitative estimate of drug-likeness (QED) is 0.852. The van der Waals surface area contributed by atoms with Gasteiger partial charge in [-0.15, -0.1) is 11.6 Å². The lowest BCUT2D eigenvalue weighted by Gasteiger charge is -2.41. The van der Waals surface area contributed by atoms with Gasteiger partial charge >= 0.3 is 0 Å². The highest BCUT2D eigenvalue weighted by Gasteiger charge is 2.35. The Morgan fingerprint density at radius 1 is 1.22 bits per heavy atom. The number of rotatable bonds is 4. The maximum Gasteiger partial charge on any atom is 0.0746 e. The Labute approximate surface area is 112 Å². The van der Waals surface area contributed by atoms with E-state index >= 15 is 0 Å². The van der Waals surface area contributed by atoms with Crippen molar-refractivity contribution in [3.8, 4) is 0 Å². The van der Waals surface area contributed by atoms with Crippen molar-refractivity contribution in [1.29, 1.82) is 0 Å². The van der Waals surface area contributed by atoms with E-state index in [0.29, 0.717) is 5.88 Å². The fraction of sp³-hybridized carbons (Fsp3) is 0.400. The van der Waals surface area contributed by atoms with Gasteiger partial charge in [-0.3, -0.25) is 4.98 Å². The third-order valence-corrected chi connectivity index (χ3v) is 4.45. The molecule has 1 heterocycles. The van der Waals surface area contributed by atoms with E-state index in [1.165, 1.54) is 30.2 Å². The highest BCUT2D eigenvalue weighted by Crippen LogP contribution is 2.33. The van der Waals surface area contributed by atoms with Crippen molar-refractivity contribution in [1.82, 2.24) is 10.3 Å². The summed E-state index contributed by atoms with van der Waals surface area (Å²) in [5, 5.41) is 4.82. The third-order valence-electron chi connectivity index (χ3n) is 3.94. The van der Waals surface area contributed by atoms with Crippen LogP contribution in [0.2, 0.25) is 0 Å². The predicted octanol–water partition coefficient (Wildman–Crippen LogP) is 3.49. The molecule has 1 aliphatic rings. The van der Waals surface area contributed by atoms with Gasteiger partial charge in [-0.1, -0.05) is 24.3 Å². The molecule has 0 bridgehead atoms. The van der Waals surface area contributed by atoms with Crippen LogP contribution in [0.25, 0.3) is 10.9 Å². The highest BCUT2D eigenvalue weighted by molar-refractivity contribution is 6.18. The average Bonchev–Trinajstić information content (AvgIpc) is 2.38. The number of fused-ring (bicyclic) bond motifs is 1. The van der Waals surface area contributed by atoms with Gasteiger partial charge in [0.05, 0.1) is 5.52 Å². The second-order valence-electron chi connectivity index (χ2n) is 5.11. The zero-order valence-electron chi connectivity index (χ0n) is 10.3. The van der Waals surface area contributed by atoms with Crippen molar-refractivity contribution >= 4 is 22.5 Å². The summed E-state index contributed by atoms with van der Waals surface area (Å²) in [6.07, 6.45) is 5.52. The topological polar surface area (TPSA) is 24.9 Å². The molecule has 2 aromatic rings. The molecule has 0 radical (unpaired) electrons. The van der Waals surface area contributed by atoms with E-state index < -0.39 is 0 Å². The fourth-order valence-electron chi connectivity index (χ4n) is 2.55. The lowest BCUT2D eigenvalue weighted by Crippen LogP contribution is -2.52. The van der Waals surface area contributed by atoms with Crippen LogP contribution in [0.5, 0.6) is 0 Å². The van der Waals surface area contributed by atoms with Gasteiger partial charge in [-0.2, -0.15) is 0 Å². The standard InChI is InChI=1S/C15H17ClN2/c16-11-15(7-3-8-15)18-10-13-5-1-4-12-6-2-9-17-14(12)13/h1-2,4-6,9,18H,3,7-8,10-11H2. The number of pyridine rings is 1. The van der Waals surface area contributed by atoms with Crippen LogP contribution in [0, 0.1) is 0 Å². The Morgan fingerprint density at radius 3 is 2.78 bits per heavy atom. The molecule has 3 heteroatoms. The minimum atomic E-state index is 0.165. The lowest BCUT2D eigenvalue weighted by molar-refractivity contribution is 0.211. The molecule has 0 saturated heterocycles. The molecule has 0 spiro atoms. The largest absolute Gasteiger partial charge is 0.306 e. The van der Waals surface area contributed by atoms with Crippen LogP contribution in [0.1, 0.15) is 24.8 Å². The maximum absolute atomic E-state index is 6.07. The molecule has 1 aromatic carbocycles. The minimum absolute atomic E-state index is 0.165. The van der Waals surface area contributed by atoms with Crippen LogP contribution < -0.4 is 5.32 Å². The van der Waals surface area contributed by atoms with Gasteiger partial charge in [0, 0.05) is 29.5 Å². The average molecular weight is 261 g/mol. The third kappa shape index (κ3) is 2.11. The number of alkyl halides is 1. The van der Waals surface area contributed by atoms with Crippen molar-refractivity contribution in [3.63, 3.8) is 0 Å². The maximum atomic E-state index is 6.07. The predicted molar refractivity (Wildman–Crippen MR) is 75.9 cm³/mol. The van der Waals surface area contributed by atoms with Crippen molar-refractivity contribution in [3.05, 3.63) is 42.1 Å². The van der Waals surface area contributed by atoms with E-state index in [2.05, 4.69) is 34.6 Å². The summed E-state index contributed by atoms with van der Waals surface area (Å²) < 4.78 is 0. The van der Waals surface area contributed by atoms with Gasteiger partial charge < -0.3 is 5.32 Å². The molecule has 0 amide bonds. The molecule has 1 fully saturated rings. The first-order chi connectivity index (χ1) is 8.83. The summed E-state index contributed by atoms with van der Waals surface area (Å²) in [7, 11) is 0. The number of hydrogen-bond acceptors (Lipinski definition) is 2. The van der Waals surface area contributed by atoms with Crippen molar-refractivity contribution in [2.75, 3.05) is 5.88 Å². The number of halogens is 1. The second kappa shape index (κ2) is 4.87. The first-order valence-corrected chi connectivity index (χ1v) is 7.00. The summed E-state index contributed by atoms with van der Waals surface area (Å²) in [6.45, 7) is 0.848. The van der Waals surface area contributed by atoms with Gasteiger partial charge in [0.25, 0.3) is 0 Å². The number of aromatic nitrogens is 1. The SMILES string of the molecule is ClCC1(NCc2cccc3cccnc23)CCC1. The van der Waals surface area contributed by atoms with Crippen molar-refractivity contribution in [2.24, 2.45) is 0 Å². The van der Waals surface area contributed by atoms with E-state index in [-0.39, 0.29) is 5.54 Å². The van der Waals surface area contributed by atoms with Gasteiger partial charge in [-0.25, -0.2) is 0 Å². The monoisotopic (exact) mass is 260 g/mol. The number of para-hydroxylation sites is 1. The van der Waals surface area contributed by atoms with Crippen LogP contribution in [-0.4, -0.2) is 16.4 Å². The molecule has 1 N–H and O–H groups in total. The molecule has 3 rings (SSSR count). The van der Waals surface area contributed by atoms with E-state index in [1.807, 2.05) is 12.3 Å². The van der Waals surface area contributed by atoms with Gasteiger partial charge in [0.2, 0.25) is 0 Å². The Kier molecular flexibility index (Phi) is 3.23. The zero-order chi connectivity index (χ0) is 12.4. The fourth-order valence-corrected chi connectivity index (χ4v) is 2.92. The Bertz CT molecular complexity index is 538. The molecule has 1 aromatic heterocycles. The second-order valence-corrected chi connectivity index (χ2v) is 5.38. The number of hydrogen-bond donors (Lipinski definition) is 1. The number of nitrogens with zero attached hydrogens (tertiary/aromatic N) is 1. The summed E-state index contributed by atoms with van der Waals surface area (Å²) >= 11 is 6.07. The molecule has 18 heavy (non-hydrogen) atoms. The lowest BCUT2D eigenvalue weighted by atomic mass is 9.78. The van der Waals surface area contributed by atoms with Crippen molar-refractivity contribution in [2.45, 2.75) is 31.3 Å². The first-order valence-electron chi connectivity index (χ1n) is 6.47. The highest BCUT2D eigenvalue weighted by atomic mass is 35.5. The summed E-state index contributed by atoms with van der Waals surface area (Å²) in [6, 6.07) is 10.4. The van der Waals surface area contributed by atoms with Crippen LogP contribution >= 0.6 is 11.6 Å². The van der Waals surface area contributed by atoms with Gasteiger partial charge in [0.1, 0.15) is 0 Å². The number of nitrogens with one attached hydrogen (secondary N) is 1. The van der Waals surface area contributed by atoms with Gasteiger partial charge in [-0.05, 0) is 30.9 Å². The molecular weight excluding hydrogens is 244 g/mol. The van der Waals surface area contributed by atoms with E-state index in [1.54, 1.807) is 0 Å².